The molecule has 0 radical (unpaired) electrons. The molecule has 4 rings (SSSR count). The SMILES string of the molecule is CC(c1ccc(-c2ccccc2)cc1)n1cnc2ccccc21. The standard InChI is InChI=1S/C21H18N2/c1-16(23-15-22-20-9-5-6-10-21(20)23)17-11-13-19(14-12-17)18-7-3-2-4-8-18/h2-16H,1H3. The van der Waals surface area contributed by atoms with E-state index in [1.165, 1.54) is 22.2 Å². The molecule has 0 bridgehead atoms. The van der Waals surface area contributed by atoms with E-state index in [1.807, 2.05) is 18.5 Å². The van der Waals surface area contributed by atoms with Crippen LogP contribution in [-0.4, -0.2) is 9.55 Å². The van der Waals surface area contributed by atoms with E-state index in [4.69, 9.17) is 0 Å². The molecule has 2 nitrogen and oxygen atoms in total. The molecule has 23 heavy (non-hydrogen) atoms. The number of benzene rings is 3. The molecule has 0 aliphatic carbocycles. The molecule has 0 spiro atoms. The average molecular weight is 298 g/mol. The maximum Gasteiger partial charge on any atom is 0.0964 e. The summed E-state index contributed by atoms with van der Waals surface area (Å²) in [4.78, 5) is 4.49. The second kappa shape index (κ2) is 5.73. The molecule has 1 atom stereocenters. The van der Waals surface area contributed by atoms with Crippen molar-refractivity contribution < 1.29 is 0 Å². The highest BCUT2D eigenvalue weighted by atomic mass is 15.1. The zero-order chi connectivity index (χ0) is 15.6. The van der Waals surface area contributed by atoms with Crippen LogP contribution in [0.3, 0.4) is 0 Å². The molecule has 4 aromatic rings. The molecule has 1 heterocycles. The van der Waals surface area contributed by atoms with E-state index in [0.29, 0.717) is 0 Å². The lowest BCUT2D eigenvalue weighted by Gasteiger charge is -2.15. The highest BCUT2D eigenvalue weighted by Crippen LogP contribution is 2.26. The number of rotatable bonds is 3. The average Bonchev–Trinajstić information content (AvgIpc) is 3.06. The van der Waals surface area contributed by atoms with Crippen LogP contribution in [0.2, 0.25) is 0 Å². The molecule has 0 N–H and O–H groups in total. The molecular formula is C21H18N2. The van der Waals surface area contributed by atoms with Gasteiger partial charge in [0, 0.05) is 0 Å². The van der Waals surface area contributed by atoms with Crippen molar-refractivity contribution in [3.8, 4) is 11.1 Å². The van der Waals surface area contributed by atoms with Crippen LogP contribution >= 0.6 is 0 Å². The summed E-state index contributed by atoms with van der Waals surface area (Å²) < 4.78 is 2.23. The fourth-order valence-electron chi connectivity index (χ4n) is 3.03. The second-order valence-corrected chi connectivity index (χ2v) is 5.80. The molecule has 0 aliphatic heterocycles. The van der Waals surface area contributed by atoms with Gasteiger partial charge in [-0.15, -0.1) is 0 Å². The molecular weight excluding hydrogens is 280 g/mol. The Kier molecular flexibility index (Phi) is 3.43. The molecule has 2 heteroatoms. The molecule has 0 saturated carbocycles. The van der Waals surface area contributed by atoms with Crippen molar-refractivity contribution in [1.82, 2.24) is 9.55 Å². The molecule has 0 amide bonds. The van der Waals surface area contributed by atoms with Gasteiger partial charge in [-0.05, 0) is 35.7 Å². The van der Waals surface area contributed by atoms with Crippen molar-refractivity contribution in [2.75, 3.05) is 0 Å². The van der Waals surface area contributed by atoms with E-state index in [-0.39, 0.29) is 6.04 Å². The topological polar surface area (TPSA) is 17.8 Å². The Hall–Kier alpha value is -2.87. The molecule has 1 unspecified atom stereocenters. The van der Waals surface area contributed by atoms with Gasteiger partial charge in [0.2, 0.25) is 0 Å². The normalized spacial score (nSPS) is 12.4. The second-order valence-electron chi connectivity index (χ2n) is 5.80. The van der Waals surface area contributed by atoms with E-state index >= 15 is 0 Å². The smallest absolute Gasteiger partial charge is 0.0964 e. The molecule has 0 aliphatic rings. The highest BCUT2D eigenvalue weighted by molar-refractivity contribution is 5.75. The minimum atomic E-state index is 0.257. The fourth-order valence-corrected chi connectivity index (χ4v) is 3.03. The van der Waals surface area contributed by atoms with Crippen LogP contribution in [0.1, 0.15) is 18.5 Å². The van der Waals surface area contributed by atoms with Crippen molar-refractivity contribution in [2.24, 2.45) is 0 Å². The predicted octanol–water partition coefficient (Wildman–Crippen LogP) is 5.31. The van der Waals surface area contributed by atoms with Crippen LogP contribution < -0.4 is 0 Å². The van der Waals surface area contributed by atoms with Gasteiger partial charge >= 0.3 is 0 Å². The third-order valence-corrected chi connectivity index (χ3v) is 4.40. The number of para-hydroxylation sites is 2. The van der Waals surface area contributed by atoms with Gasteiger partial charge in [0.1, 0.15) is 0 Å². The van der Waals surface area contributed by atoms with Crippen LogP contribution in [0.25, 0.3) is 22.2 Å². The predicted molar refractivity (Wildman–Crippen MR) is 95.4 cm³/mol. The lowest BCUT2D eigenvalue weighted by molar-refractivity contribution is 0.658. The maximum absolute atomic E-state index is 4.49. The highest BCUT2D eigenvalue weighted by Gasteiger charge is 2.11. The number of imidazole rings is 1. The van der Waals surface area contributed by atoms with Crippen molar-refractivity contribution in [2.45, 2.75) is 13.0 Å². The Morgan fingerprint density at radius 3 is 2.17 bits per heavy atom. The summed E-state index contributed by atoms with van der Waals surface area (Å²) in [5, 5.41) is 0. The van der Waals surface area contributed by atoms with Crippen LogP contribution in [-0.2, 0) is 0 Å². The summed E-state index contributed by atoms with van der Waals surface area (Å²) in [5.74, 6) is 0. The number of fused-ring (bicyclic) bond motifs is 1. The summed E-state index contributed by atoms with van der Waals surface area (Å²) in [6.07, 6.45) is 1.93. The molecule has 0 saturated heterocycles. The van der Waals surface area contributed by atoms with Crippen molar-refractivity contribution >= 4 is 11.0 Å². The summed E-state index contributed by atoms with van der Waals surface area (Å²) in [6, 6.07) is 27.8. The van der Waals surface area contributed by atoms with Crippen LogP contribution in [0.15, 0.2) is 85.2 Å². The Balaban J connectivity index is 1.68. The molecule has 1 aromatic heterocycles. The summed E-state index contributed by atoms with van der Waals surface area (Å²) in [6.45, 7) is 2.21. The Bertz CT molecular complexity index is 921. The van der Waals surface area contributed by atoms with Crippen LogP contribution in [0.5, 0.6) is 0 Å². The van der Waals surface area contributed by atoms with E-state index < -0.39 is 0 Å². The maximum atomic E-state index is 4.49. The van der Waals surface area contributed by atoms with Gasteiger partial charge in [-0.3, -0.25) is 0 Å². The van der Waals surface area contributed by atoms with Crippen LogP contribution in [0, 0.1) is 0 Å². The van der Waals surface area contributed by atoms with Gasteiger partial charge in [0.15, 0.2) is 0 Å². The minimum Gasteiger partial charge on any atom is -0.323 e. The number of nitrogens with zero attached hydrogens (tertiary/aromatic N) is 2. The first-order valence-corrected chi connectivity index (χ1v) is 7.90. The zero-order valence-corrected chi connectivity index (χ0v) is 13.1. The van der Waals surface area contributed by atoms with Gasteiger partial charge in [0.05, 0.1) is 23.4 Å². The van der Waals surface area contributed by atoms with Crippen molar-refractivity contribution in [3.63, 3.8) is 0 Å². The van der Waals surface area contributed by atoms with Gasteiger partial charge in [-0.2, -0.15) is 0 Å². The first-order valence-electron chi connectivity index (χ1n) is 7.90. The van der Waals surface area contributed by atoms with Crippen molar-refractivity contribution in [1.29, 1.82) is 0 Å². The number of hydrogen-bond acceptors (Lipinski definition) is 1. The van der Waals surface area contributed by atoms with Gasteiger partial charge in [0.25, 0.3) is 0 Å². The first kappa shape index (κ1) is 13.8. The molecule has 0 fully saturated rings. The first-order chi connectivity index (χ1) is 11.3. The van der Waals surface area contributed by atoms with Gasteiger partial charge in [-0.1, -0.05) is 66.7 Å². The third kappa shape index (κ3) is 2.53. The quantitative estimate of drug-likeness (QED) is 0.501. The minimum absolute atomic E-state index is 0.257. The third-order valence-electron chi connectivity index (χ3n) is 4.40. The number of aromatic nitrogens is 2. The van der Waals surface area contributed by atoms with E-state index in [2.05, 4.69) is 83.2 Å². The number of hydrogen-bond donors (Lipinski definition) is 0. The monoisotopic (exact) mass is 298 g/mol. The van der Waals surface area contributed by atoms with E-state index in [0.717, 1.165) is 5.52 Å². The van der Waals surface area contributed by atoms with Crippen molar-refractivity contribution in [3.05, 3.63) is 90.8 Å². The van der Waals surface area contributed by atoms with Crippen LogP contribution in [0.4, 0.5) is 0 Å². The van der Waals surface area contributed by atoms with Gasteiger partial charge < -0.3 is 4.57 Å². The summed E-state index contributed by atoms with van der Waals surface area (Å²) in [7, 11) is 0. The Morgan fingerprint density at radius 1 is 0.739 bits per heavy atom. The van der Waals surface area contributed by atoms with E-state index in [1.54, 1.807) is 0 Å². The van der Waals surface area contributed by atoms with Gasteiger partial charge in [-0.25, -0.2) is 4.98 Å². The largest absolute Gasteiger partial charge is 0.323 e. The Morgan fingerprint density at radius 2 is 1.39 bits per heavy atom. The lowest BCUT2D eigenvalue weighted by atomic mass is 10.0. The molecule has 112 valence electrons. The zero-order valence-electron chi connectivity index (χ0n) is 13.1. The summed E-state index contributed by atoms with van der Waals surface area (Å²) >= 11 is 0. The fraction of sp³-hybridized carbons (Fsp3) is 0.0952. The lowest BCUT2D eigenvalue weighted by Crippen LogP contribution is -2.05. The molecule has 3 aromatic carbocycles. The Labute approximate surface area is 136 Å². The van der Waals surface area contributed by atoms with E-state index in [9.17, 15) is 0 Å². The summed E-state index contributed by atoms with van der Waals surface area (Å²) in [5.41, 5.74) is 6.00.